The van der Waals surface area contributed by atoms with E-state index in [1.54, 1.807) is 24.9 Å². The van der Waals surface area contributed by atoms with E-state index in [0.717, 1.165) is 0 Å². The van der Waals surface area contributed by atoms with Gasteiger partial charge >= 0.3 is 5.97 Å². The van der Waals surface area contributed by atoms with Crippen LogP contribution in [0.25, 0.3) is 11.0 Å². The molecule has 2 rings (SSSR count). The van der Waals surface area contributed by atoms with Crippen LogP contribution in [0.1, 0.15) is 23.7 Å². The number of carboxylic acid groups (broad SMARTS) is 1. The summed E-state index contributed by atoms with van der Waals surface area (Å²) >= 11 is 0. The number of hydrogen-bond donors (Lipinski definition) is 2. The molecule has 0 atom stereocenters. The molecule has 0 radical (unpaired) electrons. The Morgan fingerprint density at radius 1 is 1.53 bits per heavy atom. The van der Waals surface area contributed by atoms with Crippen LogP contribution in [-0.2, 0) is 7.05 Å². The molecule has 2 aromatic heterocycles. The van der Waals surface area contributed by atoms with Gasteiger partial charge in [0.25, 0.3) is 0 Å². The Morgan fingerprint density at radius 2 is 2.32 bits per heavy atom. The van der Waals surface area contributed by atoms with Crippen molar-refractivity contribution in [3.8, 4) is 11.8 Å². The van der Waals surface area contributed by atoms with Crippen LogP contribution in [0, 0.1) is 11.8 Å². The lowest BCUT2D eigenvalue weighted by atomic mass is 10.2. The first kappa shape index (κ1) is 12.9. The summed E-state index contributed by atoms with van der Waals surface area (Å²) < 4.78 is 1.61. The van der Waals surface area contributed by atoms with E-state index in [2.05, 4.69) is 27.2 Å². The van der Waals surface area contributed by atoms with Gasteiger partial charge in [0.1, 0.15) is 5.56 Å². The first-order valence-electron chi connectivity index (χ1n) is 5.82. The second-order valence-corrected chi connectivity index (χ2v) is 3.96. The Balaban J connectivity index is 2.42. The minimum Gasteiger partial charge on any atom is -0.478 e. The third-order valence-electron chi connectivity index (χ3n) is 2.72. The van der Waals surface area contributed by atoms with E-state index in [9.17, 15) is 9.90 Å². The molecule has 19 heavy (non-hydrogen) atoms. The van der Waals surface area contributed by atoms with Crippen molar-refractivity contribution >= 4 is 22.7 Å². The average molecular weight is 258 g/mol. The van der Waals surface area contributed by atoms with E-state index < -0.39 is 5.97 Å². The lowest BCUT2D eigenvalue weighted by Gasteiger charge is -2.09. The molecule has 0 spiro atoms. The summed E-state index contributed by atoms with van der Waals surface area (Å²) in [6.07, 6.45) is 3.61. The van der Waals surface area contributed by atoms with Gasteiger partial charge < -0.3 is 10.4 Å². The Morgan fingerprint density at radius 3 is 3.00 bits per heavy atom. The number of anilines is 1. The van der Waals surface area contributed by atoms with Crippen LogP contribution in [0.3, 0.4) is 0 Å². The molecule has 0 fully saturated rings. The first-order chi connectivity index (χ1) is 9.15. The second kappa shape index (κ2) is 5.40. The molecule has 2 aromatic rings. The van der Waals surface area contributed by atoms with Crippen molar-refractivity contribution in [1.82, 2.24) is 14.8 Å². The fourth-order valence-corrected chi connectivity index (χ4v) is 1.82. The van der Waals surface area contributed by atoms with Gasteiger partial charge in [-0.1, -0.05) is 0 Å². The molecule has 0 unspecified atom stereocenters. The molecule has 0 aromatic carbocycles. The Kier molecular flexibility index (Phi) is 3.66. The van der Waals surface area contributed by atoms with Gasteiger partial charge in [0.2, 0.25) is 0 Å². The molecule has 6 nitrogen and oxygen atoms in total. The predicted molar refractivity (Wildman–Crippen MR) is 72.0 cm³/mol. The molecule has 0 amide bonds. The summed E-state index contributed by atoms with van der Waals surface area (Å²) in [5, 5.41) is 17.1. The number of pyridine rings is 1. The highest BCUT2D eigenvalue weighted by Crippen LogP contribution is 2.25. The van der Waals surface area contributed by atoms with Crippen molar-refractivity contribution in [2.24, 2.45) is 7.05 Å². The number of carboxylic acids is 1. The van der Waals surface area contributed by atoms with E-state index in [1.165, 1.54) is 6.20 Å². The average Bonchev–Trinajstić information content (AvgIpc) is 2.76. The molecular weight excluding hydrogens is 244 g/mol. The zero-order valence-electron chi connectivity index (χ0n) is 10.8. The van der Waals surface area contributed by atoms with Gasteiger partial charge in [0.05, 0.1) is 17.3 Å². The predicted octanol–water partition coefficient (Wildman–Crippen LogP) is 1.49. The standard InChI is InChI=1S/C13H14N4O2/c1-3-4-5-6-14-11-9-8-16-17(2)12(9)15-7-10(11)13(18)19/h7-8H,5-6H2,1-2H3,(H,14,15)(H,18,19). The number of carbonyl (C=O) groups is 1. The second-order valence-electron chi connectivity index (χ2n) is 3.96. The van der Waals surface area contributed by atoms with Crippen molar-refractivity contribution in [2.75, 3.05) is 11.9 Å². The van der Waals surface area contributed by atoms with Gasteiger partial charge in [0, 0.05) is 26.2 Å². The number of fused-ring (bicyclic) bond motifs is 1. The molecule has 0 bridgehead atoms. The van der Waals surface area contributed by atoms with Gasteiger partial charge in [-0.2, -0.15) is 5.10 Å². The Hall–Kier alpha value is -2.55. The lowest BCUT2D eigenvalue weighted by molar-refractivity contribution is 0.0697. The fraction of sp³-hybridized carbons (Fsp3) is 0.308. The normalized spacial score (nSPS) is 10.0. The maximum Gasteiger partial charge on any atom is 0.339 e. The van der Waals surface area contributed by atoms with Gasteiger partial charge in [-0.3, -0.25) is 4.68 Å². The van der Waals surface area contributed by atoms with E-state index >= 15 is 0 Å². The van der Waals surface area contributed by atoms with Crippen LogP contribution in [0.5, 0.6) is 0 Å². The summed E-state index contributed by atoms with van der Waals surface area (Å²) in [7, 11) is 1.77. The maximum atomic E-state index is 11.2. The van der Waals surface area contributed by atoms with Crippen LogP contribution in [0.15, 0.2) is 12.4 Å². The Bertz CT molecular complexity index is 679. The van der Waals surface area contributed by atoms with Crippen molar-refractivity contribution in [2.45, 2.75) is 13.3 Å². The highest BCUT2D eigenvalue weighted by molar-refractivity contribution is 6.03. The van der Waals surface area contributed by atoms with Gasteiger partial charge in [-0.15, -0.1) is 11.8 Å². The number of hydrogen-bond acceptors (Lipinski definition) is 4. The summed E-state index contributed by atoms with van der Waals surface area (Å²) in [4.78, 5) is 15.3. The summed E-state index contributed by atoms with van der Waals surface area (Å²) in [5.41, 5.74) is 1.34. The molecule has 0 aliphatic carbocycles. The highest BCUT2D eigenvalue weighted by Gasteiger charge is 2.16. The topological polar surface area (TPSA) is 80.0 Å². The molecule has 0 saturated carbocycles. The fourth-order valence-electron chi connectivity index (χ4n) is 1.82. The monoisotopic (exact) mass is 258 g/mol. The number of aromatic carboxylic acids is 1. The Labute approximate surface area is 110 Å². The summed E-state index contributed by atoms with van der Waals surface area (Å²) in [6, 6.07) is 0. The van der Waals surface area contributed by atoms with Crippen LogP contribution < -0.4 is 5.32 Å². The molecule has 0 aliphatic heterocycles. The van der Waals surface area contributed by atoms with Gasteiger partial charge in [-0.05, 0) is 6.92 Å². The van der Waals surface area contributed by atoms with E-state index in [-0.39, 0.29) is 5.56 Å². The number of rotatable bonds is 4. The van der Waals surface area contributed by atoms with Crippen molar-refractivity contribution in [3.63, 3.8) is 0 Å². The maximum absolute atomic E-state index is 11.2. The minimum atomic E-state index is -1.01. The number of aromatic nitrogens is 3. The highest BCUT2D eigenvalue weighted by atomic mass is 16.4. The van der Waals surface area contributed by atoms with Crippen LogP contribution in [-0.4, -0.2) is 32.4 Å². The third-order valence-corrected chi connectivity index (χ3v) is 2.72. The zero-order chi connectivity index (χ0) is 13.8. The zero-order valence-corrected chi connectivity index (χ0v) is 10.8. The lowest BCUT2D eigenvalue weighted by Crippen LogP contribution is -2.09. The van der Waals surface area contributed by atoms with Gasteiger partial charge in [-0.25, -0.2) is 9.78 Å². The molecule has 98 valence electrons. The van der Waals surface area contributed by atoms with E-state index in [4.69, 9.17) is 0 Å². The largest absolute Gasteiger partial charge is 0.478 e. The SMILES string of the molecule is CC#CCCNc1c(C(=O)O)cnc2c1cnn2C. The van der Waals surface area contributed by atoms with Crippen LogP contribution in [0.4, 0.5) is 5.69 Å². The van der Waals surface area contributed by atoms with Crippen molar-refractivity contribution in [1.29, 1.82) is 0 Å². The van der Waals surface area contributed by atoms with Gasteiger partial charge in [0.15, 0.2) is 5.65 Å². The molecule has 0 aliphatic rings. The third kappa shape index (κ3) is 2.50. The quantitative estimate of drug-likeness (QED) is 0.641. The van der Waals surface area contributed by atoms with Crippen LogP contribution in [0.2, 0.25) is 0 Å². The first-order valence-corrected chi connectivity index (χ1v) is 5.82. The number of aryl methyl sites for hydroxylation is 1. The number of nitrogens with zero attached hydrogens (tertiary/aromatic N) is 3. The molecule has 0 saturated heterocycles. The van der Waals surface area contributed by atoms with Crippen molar-refractivity contribution in [3.05, 3.63) is 18.0 Å². The van der Waals surface area contributed by atoms with Crippen LogP contribution >= 0.6 is 0 Å². The summed E-state index contributed by atoms with van der Waals surface area (Å²) in [5.74, 6) is 4.71. The molecule has 6 heteroatoms. The van der Waals surface area contributed by atoms with Crippen molar-refractivity contribution < 1.29 is 9.90 Å². The molecule has 2 heterocycles. The van der Waals surface area contributed by atoms with E-state index in [0.29, 0.717) is 29.7 Å². The number of nitrogens with one attached hydrogen (secondary N) is 1. The van der Waals surface area contributed by atoms with E-state index in [1.807, 2.05) is 0 Å². The minimum absolute atomic E-state index is 0.143. The molecule has 2 N–H and O–H groups in total. The molecular formula is C13H14N4O2. The summed E-state index contributed by atoms with van der Waals surface area (Å²) in [6.45, 7) is 2.35. The smallest absolute Gasteiger partial charge is 0.339 e.